The minimum Gasteiger partial charge on any atom is -0.496 e. The van der Waals surface area contributed by atoms with E-state index in [0.29, 0.717) is 44.9 Å². The Balaban J connectivity index is 1.40. The van der Waals surface area contributed by atoms with Crippen molar-refractivity contribution in [1.82, 2.24) is 10.3 Å². The van der Waals surface area contributed by atoms with Crippen molar-refractivity contribution in [3.63, 3.8) is 0 Å². The summed E-state index contributed by atoms with van der Waals surface area (Å²) in [6.07, 6.45) is 3.55. The number of pyridine rings is 1. The van der Waals surface area contributed by atoms with Gasteiger partial charge in [0.15, 0.2) is 0 Å². The lowest BCUT2D eigenvalue weighted by Crippen LogP contribution is -2.35. The number of nitrogens with one attached hydrogen (secondary N) is 1. The molecule has 1 aliphatic rings. The van der Waals surface area contributed by atoms with Crippen LogP contribution in [-0.2, 0) is 12.0 Å². The van der Waals surface area contributed by atoms with E-state index in [1.165, 1.54) is 26.4 Å². The second-order valence-electron chi connectivity index (χ2n) is 10.3. The molecule has 0 saturated heterocycles. The van der Waals surface area contributed by atoms with E-state index < -0.39 is 11.4 Å². The molecular formula is C33H28FN3O5. The summed E-state index contributed by atoms with van der Waals surface area (Å²) < 4.78 is 30.7. The standard InChI is InChI=1S/C33H28FN3O5/c1-40-26-18-27(41-2)24(32(39)37-33(12-13-33)29-5-3-4-14-36-29)17-22(26)20-8-11-25-23(16-20)30(31(35)38)28(42-25)15-19-6-9-21(34)10-7-19/h3-11,14,16-18H,12-13,15H2,1-2H3,(H2,35,38)(H,37,39). The molecule has 0 bridgehead atoms. The number of benzene rings is 3. The zero-order valence-electron chi connectivity index (χ0n) is 23.1. The summed E-state index contributed by atoms with van der Waals surface area (Å²) in [6, 6.07) is 20.3. The van der Waals surface area contributed by atoms with Gasteiger partial charge in [-0.2, -0.15) is 0 Å². The Morgan fingerprint density at radius 1 is 1.00 bits per heavy atom. The number of ether oxygens (including phenoxy) is 2. The first-order valence-corrected chi connectivity index (χ1v) is 13.4. The van der Waals surface area contributed by atoms with Crippen LogP contribution in [0.15, 0.2) is 83.4 Å². The quantitative estimate of drug-likeness (QED) is 0.235. The molecule has 3 aromatic carbocycles. The van der Waals surface area contributed by atoms with Crippen LogP contribution in [0.1, 0.15) is 50.6 Å². The van der Waals surface area contributed by atoms with E-state index in [1.54, 1.807) is 42.6 Å². The van der Waals surface area contributed by atoms with Gasteiger partial charge in [-0.15, -0.1) is 0 Å². The normalized spacial score (nSPS) is 13.5. The highest BCUT2D eigenvalue weighted by molar-refractivity contribution is 6.08. The monoisotopic (exact) mass is 565 g/mol. The molecule has 6 rings (SSSR count). The van der Waals surface area contributed by atoms with Gasteiger partial charge in [0.1, 0.15) is 28.7 Å². The van der Waals surface area contributed by atoms with E-state index in [9.17, 15) is 14.0 Å². The topological polar surface area (TPSA) is 117 Å². The van der Waals surface area contributed by atoms with Crippen LogP contribution < -0.4 is 20.5 Å². The van der Waals surface area contributed by atoms with Crippen molar-refractivity contribution in [3.05, 3.63) is 113 Å². The van der Waals surface area contributed by atoms with Crippen LogP contribution in [0.25, 0.3) is 22.1 Å². The fourth-order valence-electron chi connectivity index (χ4n) is 5.30. The number of aromatic nitrogens is 1. The number of carbonyl (C=O) groups excluding carboxylic acids is 2. The zero-order valence-corrected chi connectivity index (χ0v) is 23.1. The van der Waals surface area contributed by atoms with Crippen LogP contribution in [0.4, 0.5) is 4.39 Å². The predicted octanol–water partition coefficient (Wildman–Crippen LogP) is 5.76. The molecule has 212 valence electrons. The van der Waals surface area contributed by atoms with Gasteiger partial charge in [-0.05, 0) is 66.4 Å². The Morgan fingerprint density at radius 3 is 2.40 bits per heavy atom. The number of carbonyl (C=O) groups is 2. The molecule has 42 heavy (non-hydrogen) atoms. The van der Waals surface area contributed by atoms with Gasteiger partial charge in [-0.3, -0.25) is 14.6 Å². The lowest BCUT2D eigenvalue weighted by atomic mass is 9.97. The molecule has 2 heterocycles. The van der Waals surface area contributed by atoms with Crippen molar-refractivity contribution < 1.29 is 27.9 Å². The van der Waals surface area contributed by atoms with E-state index in [0.717, 1.165) is 24.1 Å². The first-order valence-electron chi connectivity index (χ1n) is 13.4. The van der Waals surface area contributed by atoms with Crippen molar-refractivity contribution in [2.45, 2.75) is 24.8 Å². The van der Waals surface area contributed by atoms with Crippen molar-refractivity contribution in [1.29, 1.82) is 0 Å². The molecule has 2 amide bonds. The summed E-state index contributed by atoms with van der Waals surface area (Å²) in [5.41, 5.74) is 9.21. The van der Waals surface area contributed by atoms with Crippen LogP contribution in [0.2, 0.25) is 0 Å². The van der Waals surface area contributed by atoms with Gasteiger partial charge in [-0.25, -0.2) is 4.39 Å². The lowest BCUT2D eigenvalue weighted by molar-refractivity contribution is 0.0925. The molecule has 8 nitrogen and oxygen atoms in total. The highest BCUT2D eigenvalue weighted by Gasteiger charge is 2.47. The van der Waals surface area contributed by atoms with Gasteiger partial charge in [-0.1, -0.05) is 24.3 Å². The molecule has 1 fully saturated rings. The molecule has 3 N–H and O–H groups in total. The molecule has 5 aromatic rings. The average molecular weight is 566 g/mol. The highest BCUT2D eigenvalue weighted by atomic mass is 19.1. The number of fused-ring (bicyclic) bond motifs is 1. The summed E-state index contributed by atoms with van der Waals surface area (Å²) in [5, 5.41) is 3.67. The number of rotatable bonds is 9. The number of methoxy groups -OCH3 is 2. The number of hydrogen-bond donors (Lipinski definition) is 2. The smallest absolute Gasteiger partial charge is 0.255 e. The molecule has 0 aliphatic heterocycles. The van der Waals surface area contributed by atoms with Crippen molar-refractivity contribution >= 4 is 22.8 Å². The number of nitrogens with two attached hydrogens (primary N) is 1. The van der Waals surface area contributed by atoms with Crippen LogP contribution in [0, 0.1) is 5.82 Å². The van der Waals surface area contributed by atoms with Gasteiger partial charge in [0.05, 0.1) is 36.6 Å². The van der Waals surface area contributed by atoms with Crippen molar-refractivity contribution in [2.24, 2.45) is 5.73 Å². The number of primary amides is 1. The third-order valence-electron chi connectivity index (χ3n) is 7.62. The highest BCUT2D eigenvalue weighted by Crippen LogP contribution is 2.45. The third-order valence-corrected chi connectivity index (χ3v) is 7.62. The van der Waals surface area contributed by atoms with E-state index in [2.05, 4.69) is 10.3 Å². The SMILES string of the molecule is COc1cc(OC)c(-c2ccc3oc(Cc4ccc(F)cc4)c(C(N)=O)c3c2)cc1C(=O)NC1(c2ccccn2)CC1. The third kappa shape index (κ3) is 4.94. The van der Waals surface area contributed by atoms with E-state index in [-0.39, 0.29) is 23.7 Å². The predicted molar refractivity (Wildman–Crippen MR) is 155 cm³/mol. The first-order chi connectivity index (χ1) is 20.3. The minimum absolute atomic E-state index is 0.243. The number of halogens is 1. The lowest BCUT2D eigenvalue weighted by Gasteiger charge is -2.19. The maximum atomic E-state index is 13.6. The molecule has 9 heteroatoms. The number of amides is 2. The molecular weight excluding hydrogens is 537 g/mol. The summed E-state index contributed by atoms with van der Waals surface area (Å²) >= 11 is 0. The summed E-state index contributed by atoms with van der Waals surface area (Å²) in [5.74, 6) is -0.0874. The second-order valence-corrected chi connectivity index (χ2v) is 10.3. The summed E-state index contributed by atoms with van der Waals surface area (Å²) in [4.78, 5) is 30.7. The average Bonchev–Trinajstić information content (AvgIpc) is 3.69. The maximum absolute atomic E-state index is 13.6. The molecule has 0 radical (unpaired) electrons. The molecule has 1 aliphatic carbocycles. The van der Waals surface area contributed by atoms with Crippen LogP contribution in [0.3, 0.4) is 0 Å². The van der Waals surface area contributed by atoms with Crippen molar-refractivity contribution in [3.8, 4) is 22.6 Å². The van der Waals surface area contributed by atoms with Gasteiger partial charge in [0.2, 0.25) is 0 Å². The van der Waals surface area contributed by atoms with Crippen LogP contribution in [-0.4, -0.2) is 31.0 Å². The number of hydrogen-bond acceptors (Lipinski definition) is 6. The molecule has 0 unspecified atom stereocenters. The van der Waals surface area contributed by atoms with Crippen LogP contribution >= 0.6 is 0 Å². The first kappa shape index (κ1) is 27.0. The Bertz CT molecular complexity index is 1810. The molecule has 1 saturated carbocycles. The zero-order chi connectivity index (χ0) is 29.4. The number of nitrogens with zero attached hydrogens (tertiary/aromatic N) is 1. The summed E-state index contributed by atoms with van der Waals surface area (Å²) in [6.45, 7) is 0. The van der Waals surface area contributed by atoms with E-state index >= 15 is 0 Å². The van der Waals surface area contributed by atoms with Gasteiger partial charge < -0.3 is 24.9 Å². The Labute approximate surface area is 241 Å². The second kappa shape index (κ2) is 10.7. The Kier molecular flexibility index (Phi) is 6.86. The minimum atomic E-state index is -0.644. The maximum Gasteiger partial charge on any atom is 0.255 e. The largest absolute Gasteiger partial charge is 0.496 e. The molecule has 2 aromatic heterocycles. The molecule has 0 spiro atoms. The summed E-state index contributed by atoms with van der Waals surface area (Å²) in [7, 11) is 3.03. The van der Waals surface area contributed by atoms with Gasteiger partial charge >= 0.3 is 0 Å². The Morgan fingerprint density at radius 2 is 1.76 bits per heavy atom. The Hall–Kier alpha value is -5.18. The fraction of sp³-hybridized carbons (Fsp3) is 0.182. The van der Waals surface area contributed by atoms with Gasteiger partial charge in [0, 0.05) is 29.6 Å². The fourth-order valence-corrected chi connectivity index (χ4v) is 5.30. The number of furan rings is 1. The van der Waals surface area contributed by atoms with E-state index in [4.69, 9.17) is 19.6 Å². The van der Waals surface area contributed by atoms with E-state index in [1.807, 2.05) is 24.3 Å². The molecule has 0 atom stereocenters. The van der Waals surface area contributed by atoms with Crippen LogP contribution in [0.5, 0.6) is 11.5 Å². The van der Waals surface area contributed by atoms with Crippen molar-refractivity contribution in [2.75, 3.05) is 14.2 Å². The van der Waals surface area contributed by atoms with Gasteiger partial charge in [0.25, 0.3) is 11.8 Å².